The van der Waals surface area contributed by atoms with Crippen LogP contribution in [0.5, 0.6) is 11.5 Å². The van der Waals surface area contributed by atoms with Gasteiger partial charge in [0.1, 0.15) is 22.9 Å². The molecule has 0 aliphatic rings. The van der Waals surface area contributed by atoms with E-state index in [1.165, 1.54) is 0 Å². The molecule has 0 bridgehead atoms. The zero-order chi connectivity index (χ0) is 24.6. The number of aromatic nitrogens is 2. The lowest BCUT2D eigenvalue weighted by molar-refractivity contribution is -0.137. The molecule has 0 amide bonds. The van der Waals surface area contributed by atoms with Crippen LogP contribution < -0.4 is 20.1 Å². The fourth-order valence-corrected chi connectivity index (χ4v) is 2.91. The maximum absolute atomic E-state index is 13.6. The summed E-state index contributed by atoms with van der Waals surface area (Å²) in [6.45, 7) is 6.66. The smallest absolute Gasteiger partial charge is 0.421 e. The minimum Gasteiger partial charge on any atom is -0.494 e. The normalized spacial score (nSPS) is 12.2. The monoisotopic (exact) mass is 474 g/mol. The molecular weight excluding hydrogens is 445 g/mol. The first-order valence-electron chi connectivity index (χ1n) is 11.3. The number of nitrogens with zero attached hydrogens (tertiary/aromatic N) is 2. The number of nitrogens with one attached hydrogen (secondary N) is 2. The number of unbranched alkanes of at least 4 members (excludes halogenated alkanes) is 1. The first kappa shape index (κ1) is 25.1. The minimum atomic E-state index is -4.61. The Morgan fingerprint density at radius 2 is 1.53 bits per heavy atom. The highest BCUT2D eigenvalue weighted by Crippen LogP contribution is 2.35. The van der Waals surface area contributed by atoms with E-state index in [-0.39, 0.29) is 17.9 Å². The topological polar surface area (TPSA) is 68.3 Å². The SMILES string of the molecule is CCCCOc1ccc(Nc2nc(Nc3ccc(OC(C)CC)cc3)ncc2C(F)(F)F)cc1. The molecule has 1 heterocycles. The van der Waals surface area contributed by atoms with E-state index < -0.39 is 11.7 Å². The number of benzene rings is 2. The van der Waals surface area contributed by atoms with Gasteiger partial charge in [0.25, 0.3) is 0 Å². The molecule has 1 atom stereocenters. The maximum Gasteiger partial charge on any atom is 0.421 e. The molecule has 1 aromatic heterocycles. The van der Waals surface area contributed by atoms with E-state index in [2.05, 4.69) is 27.5 Å². The van der Waals surface area contributed by atoms with Crippen LogP contribution in [0.3, 0.4) is 0 Å². The summed E-state index contributed by atoms with van der Waals surface area (Å²) in [4.78, 5) is 7.93. The Bertz CT molecular complexity index is 1040. The molecule has 1 unspecified atom stereocenters. The predicted molar refractivity (Wildman–Crippen MR) is 127 cm³/mol. The van der Waals surface area contributed by atoms with Gasteiger partial charge < -0.3 is 20.1 Å². The van der Waals surface area contributed by atoms with Crippen molar-refractivity contribution in [3.63, 3.8) is 0 Å². The lowest BCUT2D eigenvalue weighted by atomic mass is 10.2. The predicted octanol–water partition coefficient (Wildman–Crippen LogP) is 7.34. The highest BCUT2D eigenvalue weighted by atomic mass is 19.4. The Morgan fingerprint density at radius 3 is 2.12 bits per heavy atom. The van der Waals surface area contributed by atoms with Crippen LogP contribution >= 0.6 is 0 Å². The van der Waals surface area contributed by atoms with E-state index in [0.29, 0.717) is 29.5 Å². The van der Waals surface area contributed by atoms with Crippen LogP contribution in [0.4, 0.5) is 36.3 Å². The van der Waals surface area contributed by atoms with E-state index in [9.17, 15) is 13.2 Å². The Kier molecular flexibility index (Phi) is 8.56. The molecule has 3 aromatic rings. The van der Waals surface area contributed by atoms with Crippen molar-refractivity contribution in [1.82, 2.24) is 9.97 Å². The van der Waals surface area contributed by atoms with Crippen molar-refractivity contribution >= 4 is 23.1 Å². The van der Waals surface area contributed by atoms with Gasteiger partial charge in [-0.2, -0.15) is 18.2 Å². The van der Waals surface area contributed by atoms with Crippen LogP contribution in [0.25, 0.3) is 0 Å². The fourth-order valence-electron chi connectivity index (χ4n) is 2.91. The van der Waals surface area contributed by atoms with E-state index >= 15 is 0 Å². The van der Waals surface area contributed by atoms with Gasteiger partial charge in [-0.1, -0.05) is 20.3 Å². The number of ether oxygens (including phenoxy) is 2. The van der Waals surface area contributed by atoms with Crippen LogP contribution in [0.15, 0.2) is 54.7 Å². The summed E-state index contributed by atoms with van der Waals surface area (Å²) in [5.41, 5.74) is 0.110. The van der Waals surface area contributed by atoms with Gasteiger partial charge in [-0.05, 0) is 68.3 Å². The molecule has 0 saturated carbocycles. The Hall–Kier alpha value is -3.49. The summed E-state index contributed by atoms with van der Waals surface area (Å²) in [6, 6.07) is 13.8. The van der Waals surface area contributed by atoms with Crippen molar-refractivity contribution in [1.29, 1.82) is 0 Å². The van der Waals surface area contributed by atoms with Gasteiger partial charge >= 0.3 is 6.18 Å². The molecule has 0 spiro atoms. The second-order valence-corrected chi connectivity index (χ2v) is 7.79. The quantitative estimate of drug-likeness (QED) is 0.283. The van der Waals surface area contributed by atoms with Gasteiger partial charge in [0.2, 0.25) is 5.95 Å². The summed E-state index contributed by atoms with van der Waals surface area (Å²) in [6.07, 6.45) is -0.940. The van der Waals surface area contributed by atoms with E-state index in [0.717, 1.165) is 25.5 Å². The zero-order valence-corrected chi connectivity index (χ0v) is 19.4. The van der Waals surface area contributed by atoms with Crippen LogP contribution in [0.2, 0.25) is 0 Å². The third kappa shape index (κ3) is 7.26. The molecule has 0 radical (unpaired) electrons. The van der Waals surface area contributed by atoms with Crippen molar-refractivity contribution < 1.29 is 22.6 Å². The number of hydrogen-bond donors (Lipinski definition) is 2. The van der Waals surface area contributed by atoms with E-state index in [1.54, 1.807) is 48.5 Å². The molecule has 3 rings (SSSR count). The lowest BCUT2D eigenvalue weighted by Crippen LogP contribution is -2.12. The number of rotatable bonds is 11. The maximum atomic E-state index is 13.6. The molecule has 0 aliphatic carbocycles. The molecule has 6 nitrogen and oxygen atoms in total. The molecule has 182 valence electrons. The third-order valence-corrected chi connectivity index (χ3v) is 5.00. The van der Waals surface area contributed by atoms with Gasteiger partial charge in [-0.15, -0.1) is 0 Å². The first-order valence-corrected chi connectivity index (χ1v) is 11.3. The molecular formula is C25H29F3N4O2. The summed E-state index contributed by atoms with van der Waals surface area (Å²) in [5.74, 6) is 1.05. The average Bonchev–Trinajstić information content (AvgIpc) is 2.81. The van der Waals surface area contributed by atoms with E-state index in [4.69, 9.17) is 9.47 Å². The standard InChI is InChI=1S/C25H29F3N4O2/c1-4-6-15-33-20-11-7-18(8-12-20)30-23-22(25(26,27)28)16-29-24(32-23)31-19-9-13-21(14-10-19)34-17(3)5-2/h7-14,16-17H,4-6,15H2,1-3H3,(H2,29,30,31,32). The number of hydrogen-bond acceptors (Lipinski definition) is 6. The third-order valence-electron chi connectivity index (χ3n) is 5.00. The zero-order valence-electron chi connectivity index (χ0n) is 19.4. The number of alkyl halides is 3. The average molecular weight is 475 g/mol. The van der Waals surface area contributed by atoms with Crippen molar-refractivity contribution in [2.24, 2.45) is 0 Å². The Labute approximate surface area is 197 Å². The Balaban J connectivity index is 1.76. The van der Waals surface area contributed by atoms with Gasteiger partial charge in [-0.3, -0.25) is 0 Å². The molecule has 2 aromatic carbocycles. The largest absolute Gasteiger partial charge is 0.494 e. The van der Waals surface area contributed by atoms with E-state index in [1.807, 2.05) is 13.8 Å². The highest BCUT2D eigenvalue weighted by molar-refractivity contribution is 5.63. The van der Waals surface area contributed by atoms with Gasteiger partial charge in [0, 0.05) is 17.6 Å². The molecule has 0 saturated heterocycles. The van der Waals surface area contributed by atoms with Crippen molar-refractivity contribution in [3.05, 3.63) is 60.3 Å². The van der Waals surface area contributed by atoms with Crippen molar-refractivity contribution in [2.75, 3.05) is 17.2 Å². The molecule has 0 fully saturated rings. The molecule has 34 heavy (non-hydrogen) atoms. The summed E-state index contributed by atoms with van der Waals surface area (Å²) < 4.78 is 52.0. The van der Waals surface area contributed by atoms with Gasteiger partial charge in [-0.25, -0.2) is 4.98 Å². The minimum absolute atomic E-state index is 0.0330. The second-order valence-electron chi connectivity index (χ2n) is 7.79. The molecule has 9 heteroatoms. The fraction of sp³-hybridized carbons (Fsp3) is 0.360. The molecule has 2 N–H and O–H groups in total. The highest BCUT2D eigenvalue weighted by Gasteiger charge is 2.35. The summed E-state index contributed by atoms with van der Waals surface area (Å²) in [7, 11) is 0. The lowest BCUT2D eigenvalue weighted by Gasteiger charge is -2.16. The van der Waals surface area contributed by atoms with Crippen LogP contribution in [-0.4, -0.2) is 22.7 Å². The number of anilines is 4. The van der Waals surface area contributed by atoms with Crippen molar-refractivity contribution in [2.45, 2.75) is 52.3 Å². The Morgan fingerprint density at radius 1 is 0.912 bits per heavy atom. The van der Waals surface area contributed by atoms with Crippen molar-refractivity contribution in [3.8, 4) is 11.5 Å². The van der Waals surface area contributed by atoms with Gasteiger partial charge in [0.05, 0.1) is 12.7 Å². The first-order chi connectivity index (χ1) is 16.3. The van der Waals surface area contributed by atoms with Crippen LogP contribution in [0, 0.1) is 0 Å². The number of halogens is 3. The van der Waals surface area contributed by atoms with Crippen LogP contribution in [-0.2, 0) is 6.18 Å². The molecule has 0 aliphatic heterocycles. The van der Waals surface area contributed by atoms with Gasteiger partial charge in [0.15, 0.2) is 0 Å². The second kappa shape index (κ2) is 11.6. The summed E-state index contributed by atoms with van der Waals surface area (Å²) in [5, 5.41) is 5.69. The van der Waals surface area contributed by atoms with Crippen LogP contribution in [0.1, 0.15) is 45.6 Å². The summed E-state index contributed by atoms with van der Waals surface area (Å²) >= 11 is 0.